The monoisotopic (exact) mass is 312 g/mol. The maximum atomic E-state index is 14.0. The van der Waals surface area contributed by atoms with Crippen LogP contribution in [0.5, 0.6) is 0 Å². The number of piperidine rings is 1. The normalized spacial score (nSPS) is 22.5. The summed E-state index contributed by atoms with van der Waals surface area (Å²) in [7, 11) is 0. The van der Waals surface area contributed by atoms with Crippen molar-refractivity contribution < 1.29 is 23.1 Å². The number of alkyl halides is 2. The molecule has 0 atom stereocenters. The van der Waals surface area contributed by atoms with Crippen LogP contribution in [0.15, 0.2) is 37.0 Å². The van der Waals surface area contributed by atoms with E-state index in [1.165, 1.54) is 17.1 Å². The van der Waals surface area contributed by atoms with Crippen LogP contribution in [0.1, 0.15) is 6.42 Å². The lowest BCUT2D eigenvalue weighted by atomic mass is 9.69. The van der Waals surface area contributed by atoms with Gasteiger partial charge in [-0.1, -0.05) is 31.4 Å². The van der Waals surface area contributed by atoms with E-state index in [1.807, 2.05) is 0 Å². The third-order valence-electron chi connectivity index (χ3n) is 4.04. The van der Waals surface area contributed by atoms with E-state index in [9.17, 15) is 18.4 Å². The average molecular weight is 312 g/mol. The Balaban J connectivity index is 1.92. The minimum absolute atomic E-state index is 0.00523. The molecule has 1 N–H and O–H groups in total. The van der Waals surface area contributed by atoms with Gasteiger partial charge in [-0.15, -0.1) is 0 Å². The Morgan fingerprint density at radius 1 is 1.41 bits per heavy atom. The first kappa shape index (κ1) is 16.2. The van der Waals surface area contributed by atoms with Gasteiger partial charge in [0.05, 0.1) is 5.41 Å². The number of likely N-dealkylation sites (tertiary alicyclic amines) is 1. The summed E-state index contributed by atoms with van der Waals surface area (Å²) in [6, 6.07) is 0. The predicted molar refractivity (Wildman–Crippen MR) is 76.4 cm³/mol. The molecule has 2 aliphatic heterocycles. The number of amides is 2. The van der Waals surface area contributed by atoms with Gasteiger partial charge in [0.2, 0.25) is 0 Å². The van der Waals surface area contributed by atoms with Crippen LogP contribution in [-0.2, 0) is 9.53 Å². The summed E-state index contributed by atoms with van der Waals surface area (Å²) in [5.41, 5.74) is -0.812. The van der Waals surface area contributed by atoms with Crippen LogP contribution >= 0.6 is 0 Å². The van der Waals surface area contributed by atoms with Gasteiger partial charge in [0.1, 0.15) is 6.61 Å². The number of carbonyl (C=O) groups is 2. The molecule has 5 nitrogen and oxygen atoms in total. The van der Waals surface area contributed by atoms with Crippen molar-refractivity contribution in [2.45, 2.75) is 12.3 Å². The van der Waals surface area contributed by atoms with Gasteiger partial charge in [-0.25, -0.2) is 4.79 Å². The summed E-state index contributed by atoms with van der Waals surface area (Å²) in [5.74, 6) is -4.73. The van der Waals surface area contributed by atoms with Gasteiger partial charge >= 0.3 is 12.0 Å². The Hall–Kier alpha value is -2.18. The Labute approximate surface area is 127 Å². The minimum atomic E-state index is -3.46. The zero-order valence-corrected chi connectivity index (χ0v) is 12.1. The van der Waals surface area contributed by atoms with Gasteiger partial charge < -0.3 is 15.0 Å². The molecule has 22 heavy (non-hydrogen) atoms. The van der Waals surface area contributed by atoms with Crippen molar-refractivity contribution >= 4 is 12.0 Å². The number of nitrogens with zero attached hydrogens (tertiary/aromatic N) is 1. The second-order valence-electron chi connectivity index (χ2n) is 5.45. The van der Waals surface area contributed by atoms with Crippen molar-refractivity contribution in [3.05, 3.63) is 37.0 Å². The molecule has 2 aliphatic rings. The van der Waals surface area contributed by atoms with Crippen LogP contribution in [0.4, 0.5) is 13.6 Å². The molecule has 0 aromatic carbocycles. The Bertz CT molecular complexity index is 537. The SMILES string of the molecule is C=C/C=C(\C=C)COC(=O)N1CC2(CCNC(=O)C2(F)F)C1. The lowest BCUT2D eigenvalue weighted by Crippen LogP contribution is -2.72. The first-order valence-corrected chi connectivity index (χ1v) is 6.88. The molecule has 2 rings (SSSR count). The fourth-order valence-electron chi connectivity index (χ4n) is 2.66. The Morgan fingerprint density at radius 3 is 2.68 bits per heavy atom. The van der Waals surface area contributed by atoms with Gasteiger partial charge in [0, 0.05) is 19.6 Å². The predicted octanol–water partition coefficient (Wildman–Crippen LogP) is 1.88. The molecular formula is C15H18F2N2O3. The maximum Gasteiger partial charge on any atom is 0.410 e. The lowest BCUT2D eigenvalue weighted by Gasteiger charge is -2.54. The van der Waals surface area contributed by atoms with Crippen LogP contribution in [0.2, 0.25) is 0 Å². The fraction of sp³-hybridized carbons (Fsp3) is 0.467. The van der Waals surface area contributed by atoms with Gasteiger partial charge in [0.25, 0.3) is 5.91 Å². The number of hydrogen-bond donors (Lipinski definition) is 1. The van der Waals surface area contributed by atoms with Crippen molar-refractivity contribution in [2.24, 2.45) is 5.41 Å². The van der Waals surface area contributed by atoms with Crippen molar-refractivity contribution in [3.63, 3.8) is 0 Å². The van der Waals surface area contributed by atoms with E-state index in [1.54, 1.807) is 6.08 Å². The largest absolute Gasteiger partial charge is 0.445 e. The third kappa shape index (κ3) is 2.63. The maximum absolute atomic E-state index is 14.0. The molecule has 2 saturated heterocycles. The molecule has 0 aliphatic carbocycles. The molecule has 7 heteroatoms. The highest BCUT2D eigenvalue weighted by atomic mass is 19.3. The highest BCUT2D eigenvalue weighted by Gasteiger charge is 2.66. The van der Waals surface area contributed by atoms with Gasteiger partial charge in [-0.2, -0.15) is 8.78 Å². The van der Waals surface area contributed by atoms with Crippen LogP contribution < -0.4 is 5.32 Å². The van der Waals surface area contributed by atoms with Gasteiger partial charge in [-0.05, 0) is 12.0 Å². The highest BCUT2D eigenvalue weighted by molar-refractivity contribution is 5.86. The van der Waals surface area contributed by atoms with Crippen LogP contribution in [0, 0.1) is 5.41 Å². The second kappa shape index (κ2) is 5.90. The van der Waals surface area contributed by atoms with E-state index in [-0.39, 0.29) is 32.7 Å². The van der Waals surface area contributed by atoms with E-state index in [4.69, 9.17) is 4.74 Å². The molecule has 120 valence electrons. The summed E-state index contributed by atoms with van der Waals surface area (Å²) >= 11 is 0. The zero-order valence-electron chi connectivity index (χ0n) is 12.1. The quantitative estimate of drug-likeness (QED) is 0.806. The molecule has 0 saturated carbocycles. The van der Waals surface area contributed by atoms with Crippen molar-refractivity contribution in [2.75, 3.05) is 26.2 Å². The van der Waals surface area contributed by atoms with Crippen LogP contribution in [0.25, 0.3) is 0 Å². The molecule has 0 aromatic heterocycles. The number of rotatable bonds is 4. The van der Waals surface area contributed by atoms with Gasteiger partial charge in [-0.3, -0.25) is 4.79 Å². The standard InChI is InChI=1S/C15H18F2N2O3/c1-3-5-11(4-2)8-22-13(21)19-9-14(10-19)6-7-18-12(20)15(14,16)17/h3-5H,1-2,6-10H2,(H,18,20)/b11-5+. The molecule has 2 heterocycles. The van der Waals surface area contributed by atoms with E-state index >= 15 is 0 Å². The molecule has 0 unspecified atom stereocenters. The van der Waals surface area contributed by atoms with Crippen LogP contribution in [0.3, 0.4) is 0 Å². The number of nitrogens with one attached hydrogen (secondary N) is 1. The number of carbonyl (C=O) groups excluding carboxylic acids is 2. The van der Waals surface area contributed by atoms with E-state index in [0.717, 1.165) is 0 Å². The number of allylic oxidation sites excluding steroid dienone is 2. The molecule has 0 bridgehead atoms. The topological polar surface area (TPSA) is 58.6 Å². The van der Waals surface area contributed by atoms with Crippen molar-refractivity contribution in [3.8, 4) is 0 Å². The number of ether oxygens (including phenoxy) is 1. The fourth-order valence-corrected chi connectivity index (χ4v) is 2.66. The number of hydrogen-bond acceptors (Lipinski definition) is 3. The summed E-state index contributed by atoms with van der Waals surface area (Å²) in [6.45, 7) is 6.92. The summed E-state index contributed by atoms with van der Waals surface area (Å²) in [4.78, 5) is 24.3. The summed E-state index contributed by atoms with van der Waals surface area (Å²) in [6.07, 6.45) is 4.15. The molecule has 1 spiro atoms. The van der Waals surface area contributed by atoms with E-state index < -0.39 is 23.3 Å². The van der Waals surface area contributed by atoms with Crippen molar-refractivity contribution in [1.82, 2.24) is 10.2 Å². The summed E-state index contributed by atoms with van der Waals surface area (Å²) < 4.78 is 33.0. The molecular weight excluding hydrogens is 294 g/mol. The Kier molecular flexibility index (Phi) is 4.35. The zero-order chi connectivity index (χ0) is 16.4. The van der Waals surface area contributed by atoms with E-state index in [2.05, 4.69) is 18.5 Å². The Morgan fingerprint density at radius 2 is 2.09 bits per heavy atom. The third-order valence-corrected chi connectivity index (χ3v) is 4.04. The van der Waals surface area contributed by atoms with Crippen LogP contribution in [-0.4, -0.2) is 49.1 Å². The molecule has 0 radical (unpaired) electrons. The first-order chi connectivity index (χ1) is 10.4. The number of halogens is 2. The van der Waals surface area contributed by atoms with Gasteiger partial charge in [0.15, 0.2) is 0 Å². The molecule has 2 amide bonds. The minimum Gasteiger partial charge on any atom is -0.445 e. The second-order valence-corrected chi connectivity index (χ2v) is 5.45. The lowest BCUT2D eigenvalue weighted by molar-refractivity contribution is -0.204. The molecule has 0 aromatic rings. The first-order valence-electron chi connectivity index (χ1n) is 6.88. The molecule has 2 fully saturated rings. The summed E-state index contributed by atoms with van der Waals surface area (Å²) in [5, 5.41) is 2.15. The van der Waals surface area contributed by atoms with E-state index in [0.29, 0.717) is 5.57 Å². The smallest absolute Gasteiger partial charge is 0.410 e. The van der Waals surface area contributed by atoms with Crippen molar-refractivity contribution in [1.29, 1.82) is 0 Å². The highest BCUT2D eigenvalue weighted by Crippen LogP contribution is 2.49. The average Bonchev–Trinajstić information content (AvgIpc) is 2.43.